The highest BCUT2D eigenvalue weighted by molar-refractivity contribution is 6.21. The molecule has 1 heterocycles. The highest BCUT2D eigenvalue weighted by Crippen LogP contribution is 2.45. The molecule has 9 aromatic carbocycles. The van der Waals surface area contributed by atoms with Crippen LogP contribution in [0, 0.1) is 0 Å². The van der Waals surface area contributed by atoms with Gasteiger partial charge in [0.2, 0.25) is 0 Å². The molecule has 0 N–H and O–H groups in total. The molecule has 10 aromatic rings. The third-order valence-corrected chi connectivity index (χ3v) is 10.9. The number of nitrogens with zero attached hydrogens (tertiary/aromatic N) is 2. The summed E-state index contributed by atoms with van der Waals surface area (Å²) >= 11 is 0. The van der Waals surface area contributed by atoms with Gasteiger partial charge < -0.3 is 0 Å². The summed E-state index contributed by atoms with van der Waals surface area (Å²) in [5, 5.41) is 5.00. The number of benzene rings is 9. The first-order valence-corrected chi connectivity index (χ1v) is 19.1. The molecule has 0 aliphatic heterocycles. The van der Waals surface area contributed by atoms with E-state index in [4.69, 9.17) is 4.98 Å². The van der Waals surface area contributed by atoms with Crippen LogP contribution in [0.1, 0.15) is 12.7 Å². The van der Waals surface area contributed by atoms with E-state index in [0.717, 1.165) is 29.0 Å². The number of imidazole rings is 1. The number of para-hydroxylation sites is 2. The lowest BCUT2D eigenvalue weighted by Crippen LogP contribution is -1.99. The maximum absolute atomic E-state index is 4.89. The Labute approximate surface area is 321 Å². The molecule has 0 atom stereocenters. The van der Waals surface area contributed by atoms with Crippen LogP contribution in [0.4, 0.5) is 0 Å². The van der Waals surface area contributed by atoms with E-state index in [0.29, 0.717) is 0 Å². The highest BCUT2D eigenvalue weighted by atomic mass is 15.1. The van der Waals surface area contributed by atoms with Crippen molar-refractivity contribution in [2.24, 2.45) is 0 Å². The van der Waals surface area contributed by atoms with E-state index < -0.39 is 0 Å². The fraction of sp³-hybridized carbons (Fsp3) is 0.0377. The lowest BCUT2D eigenvalue weighted by atomic mass is 9.84. The fourth-order valence-electron chi connectivity index (χ4n) is 8.35. The maximum Gasteiger partial charge on any atom is 0.114 e. The molecular formula is C53H38N2. The van der Waals surface area contributed by atoms with E-state index in [1.807, 2.05) is 0 Å². The molecular weight excluding hydrogens is 665 g/mol. The molecule has 10 rings (SSSR count). The second kappa shape index (κ2) is 13.7. The lowest BCUT2D eigenvalue weighted by molar-refractivity contribution is 0.908. The molecule has 0 bridgehead atoms. The van der Waals surface area contributed by atoms with Crippen LogP contribution in [0.25, 0.3) is 93.9 Å². The topological polar surface area (TPSA) is 17.8 Å². The summed E-state index contributed by atoms with van der Waals surface area (Å²) < 4.78 is 2.28. The third kappa shape index (κ3) is 5.80. The fourth-order valence-corrected chi connectivity index (χ4v) is 8.35. The monoisotopic (exact) mass is 702 g/mol. The molecule has 0 saturated carbocycles. The summed E-state index contributed by atoms with van der Waals surface area (Å²) in [5.74, 6) is 1.07. The van der Waals surface area contributed by atoms with Crippen molar-refractivity contribution in [2.45, 2.75) is 13.3 Å². The Morgan fingerprint density at radius 2 is 0.764 bits per heavy atom. The summed E-state index contributed by atoms with van der Waals surface area (Å²) in [5.41, 5.74) is 15.5. The van der Waals surface area contributed by atoms with Gasteiger partial charge in [-0.15, -0.1) is 0 Å². The molecule has 0 spiro atoms. The van der Waals surface area contributed by atoms with Crippen LogP contribution in [-0.2, 0) is 6.42 Å². The van der Waals surface area contributed by atoms with Crippen LogP contribution >= 0.6 is 0 Å². The highest BCUT2D eigenvalue weighted by Gasteiger charge is 2.18. The standard InChI is InChI=1S/C53H38N2/c1-2-51-54-49-23-13-14-24-50(49)55(51)44-31-29-39(30-32-44)38-25-27-40(28-26-38)52-45-19-9-11-21-47(45)53(48-22-12-10-20-46(48)52)43-34-41(36-15-5-3-6-16-36)33-42(35-43)37-17-7-4-8-18-37/h3-35H,2H2,1H3. The number of hydrogen-bond acceptors (Lipinski definition) is 1. The van der Waals surface area contributed by atoms with E-state index in [-0.39, 0.29) is 0 Å². The molecule has 55 heavy (non-hydrogen) atoms. The Morgan fingerprint density at radius 1 is 0.364 bits per heavy atom. The second-order valence-corrected chi connectivity index (χ2v) is 14.2. The smallest absolute Gasteiger partial charge is 0.114 e. The van der Waals surface area contributed by atoms with Crippen LogP contribution in [-0.4, -0.2) is 9.55 Å². The minimum atomic E-state index is 0.872. The summed E-state index contributed by atoms with van der Waals surface area (Å²) in [7, 11) is 0. The molecule has 260 valence electrons. The first-order chi connectivity index (χ1) is 27.2. The van der Waals surface area contributed by atoms with Gasteiger partial charge in [0.1, 0.15) is 5.82 Å². The van der Waals surface area contributed by atoms with Crippen LogP contribution in [0.2, 0.25) is 0 Å². The molecule has 2 heteroatoms. The summed E-state index contributed by atoms with van der Waals surface area (Å²) in [6.45, 7) is 2.17. The SMILES string of the molecule is CCc1nc2ccccc2n1-c1ccc(-c2ccc(-c3c4ccccc4c(-c4cc(-c5ccccc5)cc(-c5ccccc5)c4)c4ccccc34)cc2)cc1. The van der Waals surface area contributed by atoms with Crippen molar-refractivity contribution in [3.63, 3.8) is 0 Å². The second-order valence-electron chi connectivity index (χ2n) is 14.2. The van der Waals surface area contributed by atoms with Gasteiger partial charge in [-0.2, -0.15) is 0 Å². The normalized spacial score (nSPS) is 11.4. The predicted molar refractivity (Wildman–Crippen MR) is 233 cm³/mol. The first kappa shape index (κ1) is 32.6. The van der Waals surface area contributed by atoms with Crippen LogP contribution in [0.15, 0.2) is 200 Å². The summed E-state index contributed by atoms with van der Waals surface area (Å²) in [6.07, 6.45) is 0.872. The molecule has 0 aliphatic rings. The van der Waals surface area contributed by atoms with Gasteiger partial charge in [-0.25, -0.2) is 4.98 Å². The Hall–Kier alpha value is -7.03. The Balaban J connectivity index is 1.09. The predicted octanol–water partition coefficient (Wildman–Crippen LogP) is 14.2. The van der Waals surface area contributed by atoms with Gasteiger partial charge in [0, 0.05) is 12.1 Å². The number of fused-ring (bicyclic) bond motifs is 3. The Bertz CT molecular complexity index is 2860. The zero-order valence-corrected chi connectivity index (χ0v) is 30.7. The van der Waals surface area contributed by atoms with E-state index >= 15 is 0 Å². The minimum Gasteiger partial charge on any atom is -0.296 e. The zero-order chi connectivity index (χ0) is 36.7. The molecule has 0 fully saturated rings. The number of rotatable bonds is 7. The van der Waals surface area contributed by atoms with Crippen molar-refractivity contribution in [1.82, 2.24) is 9.55 Å². The number of hydrogen-bond donors (Lipinski definition) is 0. The average Bonchev–Trinajstić information content (AvgIpc) is 3.65. The minimum absolute atomic E-state index is 0.872. The van der Waals surface area contributed by atoms with Crippen LogP contribution < -0.4 is 0 Å². The molecule has 0 unspecified atom stereocenters. The van der Waals surface area contributed by atoms with Gasteiger partial charge in [0.05, 0.1) is 11.0 Å². The molecule has 0 radical (unpaired) electrons. The van der Waals surface area contributed by atoms with Gasteiger partial charge in [-0.3, -0.25) is 4.57 Å². The van der Waals surface area contributed by atoms with Crippen molar-refractivity contribution in [1.29, 1.82) is 0 Å². The van der Waals surface area contributed by atoms with Gasteiger partial charge in [-0.05, 0) is 120 Å². The molecule has 0 aliphatic carbocycles. The Morgan fingerprint density at radius 3 is 1.29 bits per heavy atom. The van der Waals surface area contributed by atoms with Gasteiger partial charge in [0.15, 0.2) is 0 Å². The van der Waals surface area contributed by atoms with Crippen molar-refractivity contribution < 1.29 is 0 Å². The van der Waals surface area contributed by atoms with Crippen molar-refractivity contribution >= 4 is 32.6 Å². The number of aryl methyl sites for hydroxylation is 1. The molecule has 2 nitrogen and oxygen atoms in total. The van der Waals surface area contributed by atoms with E-state index in [1.165, 1.54) is 77.2 Å². The van der Waals surface area contributed by atoms with Crippen molar-refractivity contribution in [2.75, 3.05) is 0 Å². The van der Waals surface area contributed by atoms with E-state index in [1.54, 1.807) is 0 Å². The van der Waals surface area contributed by atoms with E-state index in [2.05, 4.69) is 212 Å². The maximum atomic E-state index is 4.89. The lowest BCUT2D eigenvalue weighted by Gasteiger charge is -2.19. The summed E-state index contributed by atoms with van der Waals surface area (Å²) in [4.78, 5) is 4.89. The first-order valence-electron chi connectivity index (χ1n) is 19.1. The van der Waals surface area contributed by atoms with Gasteiger partial charge in [0.25, 0.3) is 0 Å². The van der Waals surface area contributed by atoms with Gasteiger partial charge >= 0.3 is 0 Å². The van der Waals surface area contributed by atoms with Crippen molar-refractivity contribution in [3.05, 3.63) is 206 Å². The van der Waals surface area contributed by atoms with Crippen molar-refractivity contribution in [3.8, 4) is 61.3 Å². The van der Waals surface area contributed by atoms with Crippen LogP contribution in [0.3, 0.4) is 0 Å². The molecule has 1 aromatic heterocycles. The Kier molecular flexibility index (Phi) is 8.15. The zero-order valence-electron chi connectivity index (χ0n) is 30.7. The number of aromatic nitrogens is 2. The third-order valence-electron chi connectivity index (χ3n) is 10.9. The molecule has 0 amide bonds. The summed E-state index contributed by atoms with van der Waals surface area (Å²) in [6, 6.07) is 72.7. The quantitative estimate of drug-likeness (QED) is 0.151. The van der Waals surface area contributed by atoms with Crippen LogP contribution in [0.5, 0.6) is 0 Å². The van der Waals surface area contributed by atoms with E-state index in [9.17, 15) is 0 Å². The largest absolute Gasteiger partial charge is 0.296 e. The van der Waals surface area contributed by atoms with Gasteiger partial charge in [-0.1, -0.05) is 165 Å². The molecule has 0 saturated heterocycles. The average molecular weight is 703 g/mol.